The van der Waals surface area contributed by atoms with Crippen molar-refractivity contribution in [2.75, 3.05) is 19.4 Å². The van der Waals surface area contributed by atoms with Crippen molar-refractivity contribution in [3.63, 3.8) is 0 Å². The SMILES string of the molecule is Cc1cc(NC(=O)[C@H](C)OC(=O)c2cc(S(=O)(=O)N(C)C)ccc2C)no1. The highest BCUT2D eigenvalue weighted by atomic mass is 32.2. The molecule has 0 fully saturated rings. The number of aryl methyl sites for hydroxylation is 2. The first-order chi connectivity index (χ1) is 12.5. The van der Waals surface area contributed by atoms with E-state index in [1.165, 1.54) is 45.3 Å². The van der Waals surface area contributed by atoms with Gasteiger partial charge in [0.2, 0.25) is 10.0 Å². The number of nitrogens with one attached hydrogen (secondary N) is 1. The maximum Gasteiger partial charge on any atom is 0.339 e. The number of sulfonamides is 1. The average Bonchev–Trinajstić information content (AvgIpc) is 2.99. The Kier molecular flexibility index (Phi) is 6.01. The second-order valence-electron chi connectivity index (χ2n) is 6.12. The van der Waals surface area contributed by atoms with E-state index in [4.69, 9.17) is 9.26 Å². The molecule has 0 bridgehead atoms. The predicted molar refractivity (Wildman–Crippen MR) is 96.8 cm³/mol. The van der Waals surface area contributed by atoms with Gasteiger partial charge in [-0.1, -0.05) is 11.2 Å². The van der Waals surface area contributed by atoms with Gasteiger partial charge in [0.15, 0.2) is 11.9 Å². The molecule has 1 atom stereocenters. The van der Waals surface area contributed by atoms with Crippen molar-refractivity contribution in [1.29, 1.82) is 0 Å². The fourth-order valence-electron chi connectivity index (χ4n) is 2.12. The Morgan fingerprint density at radius 1 is 1.22 bits per heavy atom. The minimum atomic E-state index is -3.71. The molecular weight excluding hydrogens is 374 g/mol. The number of esters is 1. The molecule has 27 heavy (non-hydrogen) atoms. The quantitative estimate of drug-likeness (QED) is 0.740. The number of nitrogens with zero attached hydrogens (tertiary/aromatic N) is 2. The first-order valence-electron chi connectivity index (χ1n) is 8.00. The molecule has 2 rings (SSSR count). The van der Waals surface area contributed by atoms with Crippen LogP contribution in [0.4, 0.5) is 5.82 Å². The van der Waals surface area contributed by atoms with Crippen molar-refractivity contribution in [2.24, 2.45) is 0 Å². The highest BCUT2D eigenvalue weighted by Crippen LogP contribution is 2.19. The van der Waals surface area contributed by atoms with Crippen LogP contribution in [0.5, 0.6) is 0 Å². The van der Waals surface area contributed by atoms with Gasteiger partial charge in [0.05, 0.1) is 10.5 Å². The van der Waals surface area contributed by atoms with Crippen molar-refractivity contribution in [3.8, 4) is 0 Å². The van der Waals surface area contributed by atoms with Gasteiger partial charge < -0.3 is 14.6 Å². The zero-order chi connectivity index (χ0) is 20.4. The molecule has 0 spiro atoms. The predicted octanol–water partition coefficient (Wildman–Crippen LogP) is 1.73. The minimum absolute atomic E-state index is 0.0415. The summed E-state index contributed by atoms with van der Waals surface area (Å²) in [6.07, 6.45) is -1.12. The van der Waals surface area contributed by atoms with E-state index >= 15 is 0 Å². The van der Waals surface area contributed by atoms with Gasteiger partial charge in [-0.25, -0.2) is 17.5 Å². The van der Waals surface area contributed by atoms with Crippen LogP contribution in [-0.4, -0.2) is 50.0 Å². The third kappa shape index (κ3) is 4.72. The fraction of sp³-hybridized carbons (Fsp3) is 0.353. The zero-order valence-electron chi connectivity index (χ0n) is 15.6. The van der Waals surface area contributed by atoms with Crippen LogP contribution in [0.2, 0.25) is 0 Å². The van der Waals surface area contributed by atoms with E-state index < -0.39 is 28.0 Å². The van der Waals surface area contributed by atoms with Crippen molar-refractivity contribution < 1.29 is 27.3 Å². The number of hydrogen-bond donors (Lipinski definition) is 1. The van der Waals surface area contributed by atoms with Gasteiger partial charge in [-0.05, 0) is 38.5 Å². The third-order valence-corrected chi connectivity index (χ3v) is 5.55. The van der Waals surface area contributed by atoms with Crippen LogP contribution in [0, 0.1) is 13.8 Å². The van der Waals surface area contributed by atoms with Gasteiger partial charge >= 0.3 is 5.97 Å². The van der Waals surface area contributed by atoms with Gasteiger partial charge in [0.1, 0.15) is 5.76 Å². The largest absolute Gasteiger partial charge is 0.449 e. The lowest BCUT2D eigenvalue weighted by atomic mass is 10.1. The van der Waals surface area contributed by atoms with E-state index in [-0.39, 0.29) is 16.3 Å². The van der Waals surface area contributed by atoms with Crippen LogP contribution in [-0.2, 0) is 19.6 Å². The summed E-state index contributed by atoms with van der Waals surface area (Å²) < 4.78 is 35.6. The Bertz CT molecular complexity index is 965. The van der Waals surface area contributed by atoms with E-state index in [0.717, 1.165) is 4.31 Å². The highest BCUT2D eigenvalue weighted by molar-refractivity contribution is 7.89. The number of anilines is 1. The number of hydrogen-bond acceptors (Lipinski definition) is 7. The number of carbonyl (C=O) groups is 2. The molecule has 0 saturated heterocycles. The second-order valence-corrected chi connectivity index (χ2v) is 8.28. The van der Waals surface area contributed by atoms with Crippen LogP contribution in [0.15, 0.2) is 33.7 Å². The number of ether oxygens (including phenoxy) is 1. The number of aromatic nitrogens is 1. The average molecular weight is 395 g/mol. The van der Waals surface area contributed by atoms with Gasteiger partial charge in [0.25, 0.3) is 5.91 Å². The molecule has 10 heteroatoms. The van der Waals surface area contributed by atoms with Gasteiger partial charge in [0, 0.05) is 20.2 Å². The molecule has 0 unspecified atom stereocenters. The van der Waals surface area contributed by atoms with Crippen molar-refractivity contribution >= 4 is 27.7 Å². The Morgan fingerprint density at radius 3 is 2.44 bits per heavy atom. The monoisotopic (exact) mass is 395 g/mol. The summed E-state index contributed by atoms with van der Waals surface area (Å²) in [5, 5.41) is 6.09. The molecule has 0 saturated carbocycles. The van der Waals surface area contributed by atoms with E-state index in [1.54, 1.807) is 13.8 Å². The van der Waals surface area contributed by atoms with E-state index in [1.807, 2.05) is 0 Å². The molecule has 1 aromatic heterocycles. The fourth-order valence-corrected chi connectivity index (χ4v) is 3.05. The van der Waals surface area contributed by atoms with Crippen LogP contribution < -0.4 is 5.32 Å². The minimum Gasteiger partial charge on any atom is -0.449 e. The molecule has 1 N–H and O–H groups in total. The summed E-state index contributed by atoms with van der Waals surface area (Å²) in [4.78, 5) is 24.5. The Labute approximate surface area is 157 Å². The topological polar surface area (TPSA) is 119 Å². The molecule has 0 aliphatic rings. The lowest BCUT2D eigenvalue weighted by Gasteiger charge is -2.15. The lowest BCUT2D eigenvalue weighted by molar-refractivity contribution is -0.123. The Morgan fingerprint density at radius 2 is 1.89 bits per heavy atom. The van der Waals surface area contributed by atoms with E-state index in [2.05, 4.69) is 10.5 Å². The summed E-state index contributed by atoms with van der Waals surface area (Å²) in [6.45, 7) is 4.71. The maximum atomic E-state index is 12.4. The van der Waals surface area contributed by atoms with E-state index in [0.29, 0.717) is 11.3 Å². The van der Waals surface area contributed by atoms with Gasteiger partial charge in [-0.3, -0.25) is 4.79 Å². The molecule has 146 valence electrons. The highest BCUT2D eigenvalue weighted by Gasteiger charge is 2.24. The maximum absolute atomic E-state index is 12.4. The Hall–Kier alpha value is -2.72. The number of amides is 1. The molecule has 0 aliphatic carbocycles. The molecule has 2 aromatic rings. The van der Waals surface area contributed by atoms with Crippen molar-refractivity contribution in [1.82, 2.24) is 9.46 Å². The van der Waals surface area contributed by atoms with Crippen molar-refractivity contribution in [3.05, 3.63) is 41.2 Å². The Balaban J connectivity index is 2.16. The normalized spacial score (nSPS) is 12.7. The third-order valence-electron chi connectivity index (χ3n) is 3.74. The number of benzene rings is 1. The summed E-state index contributed by atoms with van der Waals surface area (Å²) in [5.41, 5.74) is 0.590. The van der Waals surface area contributed by atoms with Gasteiger partial charge in [-0.2, -0.15) is 0 Å². The smallest absolute Gasteiger partial charge is 0.339 e. The molecule has 1 amide bonds. The summed E-state index contributed by atoms with van der Waals surface area (Å²) >= 11 is 0. The summed E-state index contributed by atoms with van der Waals surface area (Å²) in [6, 6.07) is 5.67. The summed E-state index contributed by atoms with van der Waals surface area (Å²) in [7, 11) is -0.917. The second kappa shape index (κ2) is 7.89. The molecule has 9 nitrogen and oxygen atoms in total. The van der Waals surface area contributed by atoms with Gasteiger partial charge in [-0.15, -0.1) is 0 Å². The lowest BCUT2D eigenvalue weighted by Crippen LogP contribution is -2.30. The first kappa shape index (κ1) is 20.6. The molecule has 1 heterocycles. The standard InChI is InChI=1S/C17H21N3O6S/c1-10-6-7-13(27(23,24)20(4)5)9-14(10)17(22)25-12(3)16(21)18-15-8-11(2)26-19-15/h6-9,12H,1-5H3,(H,18,19,21)/t12-/m0/s1. The molecule has 1 aromatic carbocycles. The van der Waals surface area contributed by atoms with Crippen LogP contribution in [0.3, 0.4) is 0 Å². The molecular formula is C17H21N3O6S. The van der Waals surface area contributed by atoms with Crippen LogP contribution >= 0.6 is 0 Å². The first-order valence-corrected chi connectivity index (χ1v) is 9.44. The zero-order valence-corrected chi connectivity index (χ0v) is 16.5. The molecule has 0 aliphatic heterocycles. The van der Waals surface area contributed by atoms with Crippen LogP contribution in [0.1, 0.15) is 28.6 Å². The number of carbonyl (C=O) groups excluding carboxylic acids is 2. The molecule has 0 radical (unpaired) electrons. The number of rotatable bonds is 6. The van der Waals surface area contributed by atoms with Crippen molar-refractivity contribution in [2.45, 2.75) is 31.8 Å². The van der Waals surface area contributed by atoms with Crippen LogP contribution in [0.25, 0.3) is 0 Å². The van der Waals surface area contributed by atoms with E-state index in [9.17, 15) is 18.0 Å². The summed E-state index contributed by atoms with van der Waals surface area (Å²) in [5.74, 6) is -0.672.